The summed E-state index contributed by atoms with van der Waals surface area (Å²) in [5.74, 6) is -0.387. The molecule has 0 aliphatic carbocycles. The molecule has 11 heteroatoms. The average Bonchev–Trinajstić information content (AvgIpc) is 2.47. The van der Waals surface area contributed by atoms with Gasteiger partial charge in [-0.2, -0.15) is 4.98 Å². The van der Waals surface area contributed by atoms with Crippen LogP contribution >= 0.6 is 0 Å². The molecule has 1 aromatic heterocycles. The van der Waals surface area contributed by atoms with Crippen LogP contribution in [0.3, 0.4) is 0 Å². The molecule has 2 amide bonds. The summed E-state index contributed by atoms with van der Waals surface area (Å²) in [4.78, 5) is 19.5. The van der Waals surface area contributed by atoms with Crippen molar-refractivity contribution in [3.8, 4) is 5.75 Å². The number of ether oxygens (including phenoxy) is 1. The molecule has 0 unspecified atom stereocenters. The number of hydrogen-bond donors (Lipinski definition) is 4. The molecule has 0 spiro atoms. The topological polar surface area (TPSA) is 108 Å². The Morgan fingerprint density at radius 2 is 1.80 bits per heavy atom. The lowest BCUT2D eigenvalue weighted by Gasteiger charge is -2.10. The third-order valence-corrected chi connectivity index (χ3v) is 2.54. The molecule has 0 fully saturated rings. The third-order valence-electron chi connectivity index (χ3n) is 2.54. The number of rotatable bonds is 4. The SMILES string of the molecule is C.Cc1cc(NO)nc(NC(=O)Nc2ccc(OC(F)(F)F)cc2)n1. The Kier molecular flexibility index (Phi) is 6.51. The van der Waals surface area contributed by atoms with Gasteiger partial charge >= 0.3 is 12.4 Å². The number of nitrogens with zero attached hydrogens (tertiary/aromatic N) is 2. The lowest BCUT2D eigenvalue weighted by molar-refractivity contribution is -0.274. The van der Waals surface area contributed by atoms with Gasteiger partial charge in [0.15, 0.2) is 5.82 Å². The number of carbonyl (C=O) groups is 1. The van der Waals surface area contributed by atoms with Gasteiger partial charge in [0.2, 0.25) is 5.95 Å². The molecule has 1 aromatic carbocycles. The second-order valence-electron chi connectivity index (χ2n) is 4.48. The summed E-state index contributed by atoms with van der Waals surface area (Å²) in [6, 6.07) is 5.31. The van der Waals surface area contributed by atoms with Gasteiger partial charge in [-0.15, -0.1) is 13.2 Å². The first-order valence-corrected chi connectivity index (χ1v) is 6.45. The minimum absolute atomic E-state index is 0. The van der Waals surface area contributed by atoms with Gasteiger partial charge in [-0.1, -0.05) is 7.43 Å². The molecule has 25 heavy (non-hydrogen) atoms. The van der Waals surface area contributed by atoms with Gasteiger partial charge in [-0.3, -0.25) is 16.0 Å². The van der Waals surface area contributed by atoms with Gasteiger partial charge in [-0.25, -0.2) is 9.78 Å². The molecular formula is C14H16F3N5O3. The Labute approximate surface area is 141 Å². The summed E-state index contributed by atoms with van der Waals surface area (Å²) in [5.41, 5.74) is 2.55. The summed E-state index contributed by atoms with van der Waals surface area (Å²) in [7, 11) is 0. The quantitative estimate of drug-likeness (QED) is 0.619. The van der Waals surface area contributed by atoms with E-state index in [1.54, 1.807) is 6.92 Å². The molecule has 0 aliphatic rings. The van der Waals surface area contributed by atoms with E-state index in [2.05, 4.69) is 25.3 Å². The highest BCUT2D eigenvalue weighted by Crippen LogP contribution is 2.24. The van der Waals surface area contributed by atoms with Crippen molar-refractivity contribution in [2.24, 2.45) is 0 Å². The van der Waals surface area contributed by atoms with E-state index in [1.807, 2.05) is 5.48 Å². The van der Waals surface area contributed by atoms with Crippen LogP contribution in [-0.2, 0) is 0 Å². The number of halogens is 3. The largest absolute Gasteiger partial charge is 0.573 e. The lowest BCUT2D eigenvalue weighted by Crippen LogP contribution is -2.21. The zero-order valence-corrected chi connectivity index (χ0v) is 12.2. The van der Waals surface area contributed by atoms with Crippen LogP contribution in [0, 0.1) is 6.92 Å². The fourth-order valence-corrected chi connectivity index (χ4v) is 1.69. The van der Waals surface area contributed by atoms with Gasteiger partial charge in [0.05, 0.1) is 0 Å². The number of aryl methyl sites for hydroxylation is 1. The molecule has 0 atom stereocenters. The summed E-state index contributed by atoms with van der Waals surface area (Å²) >= 11 is 0. The first-order chi connectivity index (χ1) is 11.2. The third kappa shape index (κ3) is 6.51. The lowest BCUT2D eigenvalue weighted by atomic mass is 10.3. The van der Waals surface area contributed by atoms with Crippen LogP contribution in [0.2, 0.25) is 0 Å². The molecule has 8 nitrogen and oxygen atoms in total. The predicted molar refractivity (Wildman–Crippen MR) is 84.7 cm³/mol. The van der Waals surface area contributed by atoms with Crippen LogP contribution in [0.5, 0.6) is 5.75 Å². The normalized spacial score (nSPS) is 10.4. The van der Waals surface area contributed by atoms with Crippen molar-refractivity contribution in [2.45, 2.75) is 20.7 Å². The van der Waals surface area contributed by atoms with Gasteiger partial charge in [0.25, 0.3) is 0 Å². The van der Waals surface area contributed by atoms with Crippen LogP contribution < -0.4 is 20.9 Å². The number of alkyl halides is 3. The molecule has 0 aliphatic heterocycles. The zero-order valence-electron chi connectivity index (χ0n) is 12.2. The summed E-state index contributed by atoms with van der Waals surface area (Å²) < 4.78 is 39.9. The highest BCUT2D eigenvalue weighted by molar-refractivity contribution is 5.98. The van der Waals surface area contributed by atoms with Crippen molar-refractivity contribution >= 4 is 23.5 Å². The Balaban J connectivity index is 0.00000312. The van der Waals surface area contributed by atoms with Crippen LogP contribution in [0.25, 0.3) is 0 Å². The van der Waals surface area contributed by atoms with E-state index in [0.717, 1.165) is 12.1 Å². The fourth-order valence-electron chi connectivity index (χ4n) is 1.69. The average molecular weight is 359 g/mol. The predicted octanol–water partition coefficient (Wildman–Crippen LogP) is 3.76. The fraction of sp³-hybridized carbons (Fsp3) is 0.214. The smallest absolute Gasteiger partial charge is 0.406 e. The molecule has 2 aromatic rings. The number of amides is 2. The maximum absolute atomic E-state index is 12.0. The molecule has 0 bridgehead atoms. The highest BCUT2D eigenvalue weighted by Gasteiger charge is 2.30. The summed E-state index contributed by atoms with van der Waals surface area (Å²) in [6.45, 7) is 1.63. The number of hydrogen-bond acceptors (Lipinski definition) is 6. The molecule has 2 rings (SSSR count). The monoisotopic (exact) mass is 359 g/mol. The minimum atomic E-state index is -4.78. The Morgan fingerprint density at radius 3 is 2.36 bits per heavy atom. The first kappa shape index (κ1) is 20.0. The van der Waals surface area contributed by atoms with Crippen molar-refractivity contribution < 1.29 is 27.9 Å². The molecule has 1 heterocycles. The molecule has 0 radical (unpaired) electrons. The van der Waals surface area contributed by atoms with Crippen molar-refractivity contribution in [1.82, 2.24) is 9.97 Å². The van der Waals surface area contributed by atoms with E-state index >= 15 is 0 Å². The van der Waals surface area contributed by atoms with Gasteiger partial charge < -0.3 is 10.1 Å². The van der Waals surface area contributed by atoms with E-state index in [1.165, 1.54) is 18.2 Å². The minimum Gasteiger partial charge on any atom is -0.406 e. The van der Waals surface area contributed by atoms with Crippen molar-refractivity contribution in [2.75, 3.05) is 16.1 Å². The van der Waals surface area contributed by atoms with E-state index in [0.29, 0.717) is 5.69 Å². The van der Waals surface area contributed by atoms with E-state index in [-0.39, 0.29) is 24.9 Å². The molecule has 0 saturated heterocycles. The summed E-state index contributed by atoms with van der Waals surface area (Å²) in [6.07, 6.45) is -4.78. The van der Waals surface area contributed by atoms with Gasteiger partial charge in [0.1, 0.15) is 5.75 Å². The molecule has 4 N–H and O–H groups in total. The standard InChI is InChI=1S/C13H12F3N5O3.CH4/c1-7-6-10(21-23)19-11(17-7)20-12(22)18-8-2-4-9(5-3-8)24-13(14,15)16;/h2-6,23H,1H3,(H3,17,18,19,20,21,22);1H4. The van der Waals surface area contributed by atoms with Crippen LogP contribution in [0.4, 0.5) is 35.4 Å². The van der Waals surface area contributed by atoms with Crippen LogP contribution in [0.1, 0.15) is 13.1 Å². The van der Waals surface area contributed by atoms with E-state index < -0.39 is 18.1 Å². The number of nitrogens with one attached hydrogen (secondary N) is 3. The maximum Gasteiger partial charge on any atom is 0.573 e. The van der Waals surface area contributed by atoms with Crippen molar-refractivity contribution in [1.29, 1.82) is 0 Å². The number of anilines is 3. The molecule has 0 saturated carbocycles. The van der Waals surface area contributed by atoms with Crippen LogP contribution in [0.15, 0.2) is 30.3 Å². The Hall–Kier alpha value is -3.08. The summed E-state index contributed by atoms with van der Waals surface area (Å²) in [5, 5.41) is 13.5. The second kappa shape index (κ2) is 8.15. The van der Waals surface area contributed by atoms with Gasteiger partial charge in [-0.05, 0) is 31.2 Å². The number of urea groups is 1. The highest BCUT2D eigenvalue weighted by atomic mass is 19.4. The van der Waals surface area contributed by atoms with Crippen molar-refractivity contribution in [3.05, 3.63) is 36.0 Å². The van der Waals surface area contributed by atoms with Gasteiger partial charge in [0, 0.05) is 17.4 Å². The zero-order chi connectivity index (χ0) is 17.7. The first-order valence-electron chi connectivity index (χ1n) is 6.45. The number of carbonyl (C=O) groups excluding carboxylic acids is 1. The number of aromatic nitrogens is 2. The van der Waals surface area contributed by atoms with Crippen LogP contribution in [-0.4, -0.2) is 27.6 Å². The Bertz CT molecular complexity index is 723. The molecule has 136 valence electrons. The van der Waals surface area contributed by atoms with E-state index in [9.17, 15) is 18.0 Å². The Morgan fingerprint density at radius 1 is 1.16 bits per heavy atom. The van der Waals surface area contributed by atoms with E-state index in [4.69, 9.17) is 5.21 Å². The maximum atomic E-state index is 12.0. The second-order valence-corrected chi connectivity index (χ2v) is 4.48. The number of benzene rings is 1. The van der Waals surface area contributed by atoms with Crippen molar-refractivity contribution in [3.63, 3.8) is 0 Å². The molecular weight excluding hydrogens is 343 g/mol.